The van der Waals surface area contributed by atoms with E-state index in [1.54, 1.807) is 47.6 Å². The normalized spacial score (nSPS) is 20.0. The number of guanidine groups is 1. The van der Waals surface area contributed by atoms with Gasteiger partial charge in [0.05, 0.1) is 12.0 Å². The first-order valence-electron chi connectivity index (χ1n) is 18.9. The topological polar surface area (TPSA) is 193 Å². The molecule has 1 aromatic carbocycles. The Morgan fingerprint density at radius 1 is 0.931 bits per heavy atom. The van der Waals surface area contributed by atoms with E-state index in [0.717, 1.165) is 0 Å². The first-order chi connectivity index (χ1) is 26.8. The highest BCUT2D eigenvalue weighted by atomic mass is 32.2. The second-order valence-corrected chi connectivity index (χ2v) is 18.3. The smallest absolute Gasteiger partial charge is 0.467 e. The van der Waals surface area contributed by atoms with Gasteiger partial charge >= 0.3 is 30.2 Å². The Morgan fingerprint density at radius 3 is 2.22 bits per heavy atom. The number of piperidine rings is 1. The van der Waals surface area contributed by atoms with Gasteiger partial charge in [0.25, 0.3) is 0 Å². The maximum Gasteiger partial charge on any atom is 0.471 e. The fourth-order valence-electron chi connectivity index (χ4n) is 6.80. The van der Waals surface area contributed by atoms with Crippen LogP contribution in [0.3, 0.4) is 0 Å². The van der Waals surface area contributed by atoms with Crippen molar-refractivity contribution in [1.29, 1.82) is 0 Å². The van der Waals surface area contributed by atoms with Crippen LogP contribution in [0, 0.1) is 5.92 Å². The first-order valence-corrected chi connectivity index (χ1v) is 20.4. The zero-order chi connectivity index (χ0) is 43.4. The van der Waals surface area contributed by atoms with Crippen LogP contribution in [0.25, 0.3) is 0 Å². The number of amides is 4. The summed E-state index contributed by atoms with van der Waals surface area (Å²) in [6.45, 7) is 11.4. The monoisotopic (exact) mass is 842 g/mol. The van der Waals surface area contributed by atoms with Crippen molar-refractivity contribution in [3.05, 3.63) is 41.0 Å². The van der Waals surface area contributed by atoms with Crippen LogP contribution in [0.2, 0.25) is 0 Å². The fraction of sp³-hybridized carbons (Fsp3) is 0.632. The fourth-order valence-corrected chi connectivity index (χ4v) is 8.04. The molecule has 16 nitrogen and oxygen atoms in total. The standard InChI is InChI=1S/C38H53F3N6O10S/c1-23-13-17-47(29(18-23)31(49)55-8)30(48)28(44-58(53,54)27-12-11-25-14-16-45(22-26(25)20-27)32(50)38(39,40)41)19-24-10-9-15-46(21-24)33(42-34(51)56-36(2,3)4)43-35(52)57-37(5,6)7/h10-12,20,23,28-29,44H,9,13-19,21-22H2,1-8H3,(H,42,43,51,52)/t23-,28+,29+/m1/s1. The van der Waals surface area contributed by atoms with Gasteiger partial charge in [-0.25, -0.2) is 22.8 Å². The summed E-state index contributed by atoms with van der Waals surface area (Å²) in [4.78, 5) is 72.2. The van der Waals surface area contributed by atoms with Crippen molar-refractivity contribution in [3.8, 4) is 0 Å². The van der Waals surface area contributed by atoms with Crippen molar-refractivity contribution in [2.75, 3.05) is 33.3 Å². The number of fused-ring (bicyclic) bond motifs is 1. The molecule has 0 aliphatic carbocycles. The summed E-state index contributed by atoms with van der Waals surface area (Å²) < 4.78 is 86.1. The van der Waals surface area contributed by atoms with Crippen molar-refractivity contribution in [1.82, 2.24) is 24.7 Å². The predicted molar refractivity (Wildman–Crippen MR) is 204 cm³/mol. The number of nitrogens with one attached hydrogen (secondary N) is 2. The number of esters is 1. The Kier molecular flexibility index (Phi) is 14.3. The molecule has 20 heteroatoms. The number of hydrogen-bond donors (Lipinski definition) is 2. The van der Waals surface area contributed by atoms with E-state index in [4.69, 9.17) is 14.2 Å². The van der Waals surface area contributed by atoms with Gasteiger partial charge in [0, 0.05) is 32.7 Å². The minimum atomic E-state index is -5.11. The highest BCUT2D eigenvalue weighted by molar-refractivity contribution is 7.89. The van der Waals surface area contributed by atoms with Gasteiger partial charge in [-0.3, -0.25) is 14.9 Å². The minimum absolute atomic E-state index is 0.0394. The molecule has 2 N–H and O–H groups in total. The average molecular weight is 843 g/mol. The molecule has 0 spiro atoms. The number of aliphatic imine (C=N–C) groups is 1. The number of benzene rings is 1. The summed E-state index contributed by atoms with van der Waals surface area (Å²) in [7, 11) is -3.40. The summed E-state index contributed by atoms with van der Waals surface area (Å²) in [5.74, 6) is -3.59. The van der Waals surface area contributed by atoms with Crippen LogP contribution in [0.5, 0.6) is 0 Å². The molecule has 0 unspecified atom stereocenters. The second kappa shape index (κ2) is 18.0. The highest BCUT2D eigenvalue weighted by Crippen LogP contribution is 2.29. The molecule has 4 amide bonds. The summed E-state index contributed by atoms with van der Waals surface area (Å²) in [5.41, 5.74) is -0.545. The van der Waals surface area contributed by atoms with Gasteiger partial charge in [0.1, 0.15) is 23.3 Å². The molecular formula is C38H53F3N6O10S. The zero-order valence-electron chi connectivity index (χ0n) is 34.0. The van der Waals surface area contributed by atoms with Crippen LogP contribution in [-0.2, 0) is 51.6 Å². The van der Waals surface area contributed by atoms with Gasteiger partial charge in [-0.1, -0.05) is 24.6 Å². The molecule has 322 valence electrons. The third-order valence-electron chi connectivity index (χ3n) is 9.44. The molecule has 0 bridgehead atoms. The third kappa shape index (κ3) is 12.6. The van der Waals surface area contributed by atoms with E-state index in [0.29, 0.717) is 28.9 Å². The lowest BCUT2D eigenvalue weighted by atomic mass is 9.91. The number of sulfonamides is 1. The van der Waals surface area contributed by atoms with Gasteiger partial charge < -0.3 is 28.9 Å². The van der Waals surface area contributed by atoms with Crippen LogP contribution in [0.1, 0.15) is 85.3 Å². The van der Waals surface area contributed by atoms with Gasteiger partial charge in [0.2, 0.25) is 21.9 Å². The number of ether oxygens (including phenoxy) is 3. The van der Waals surface area contributed by atoms with E-state index in [1.165, 1.54) is 35.1 Å². The molecule has 1 aromatic rings. The predicted octanol–water partition coefficient (Wildman–Crippen LogP) is 4.42. The molecule has 1 saturated heterocycles. The van der Waals surface area contributed by atoms with Crippen molar-refractivity contribution in [2.45, 2.75) is 121 Å². The van der Waals surface area contributed by atoms with Crippen LogP contribution in [0.15, 0.2) is 39.7 Å². The van der Waals surface area contributed by atoms with E-state index in [9.17, 15) is 45.6 Å². The van der Waals surface area contributed by atoms with Crippen LogP contribution >= 0.6 is 0 Å². The molecule has 3 atom stereocenters. The third-order valence-corrected chi connectivity index (χ3v) is 10.9. The molecule has 58 heavy (non-hydrogen) atoms. The number of hydrogen-bond acceptors (Lipinski definition) is 10. The number of likely N-dealkylation sites (tertiary alicyclic amines) is 1. The average Bonchev–Trinajstić information content (AvgIpc) is 3.11. The maximum atomic E-state index is 14.5. The summed E-state index contributed by atoms with van der Waals surface area (Å²) in [6.07, 6.45) is -4.29. The van der Waals surface area contributed by atoms with Crippen molar-refractivity contribution in [3.63, 3.8) is 0 Å². The number of alkyl carbamates (subject to hydrolysis) is 1. The van der Waals surface area contributed by atoms with Crippen molar-refractivity contribution >= 4 is 46.0 Å². The molecule has 3 aliphatic heterocycles. The molecule has 3 aliphatic rings. The van der Waals surface area contributed by atoms with E-state index in [2.05, 4.69) is 15.0 Å². The molecule has 0 radical (unpaired) electrons. The summed E-state index contributed by atoms with van der Waals surface area (Å²) >= 11 is 0. The van der Waals surface area contributed by atoms with E-state index in [1.807, 2.05) is 6.92 Å². The number of halogens is 3. The first kappa shape index (κ1) is 46.0. The molecular weight excluding hydrogens is 790 g/mol. The van der Waals surface area contributed by atoms with Crippen molar-refractivity contribution in [2.24, 2.45) is 10.9 Å². The lowest BCUT2D eigenvalue weighted by molar-refractivity contribution is -0.186. The second-order valence-electron chi connectivity index (χ2n) is 16.6. The van der Waals surface area contributed by atoms with E-state index < -0.39 is 76.0 Å². The molecule has 1 fully saturated rings. The van der Waals surface area contributed by atoms with E-state index in [-0.39, 0.29) is 67.8 Å². The van der Waals surface area contributed by atoms with Crippen LogP contribution in [0.4, 0.5) is 22.8 Å². The number of carbonyl (C=O) groups excluding carboxylic acids is 5. The highest BCUT2D eigenvalue weighted by Gasteiger charge is 2.44. The lowest BCUT2D eigenvalue weighted by Gasteiger charge is -2.39. The Bertz CT molecular complexity index is 1920. The zero-order valence-corrected chi connectivity index (χ0v) is 34.8. The molecule has 0 aromatic heterocycles. The number of alkyl halides is 3. The Balaban J connectivity index is 1.68. The van der Waals surface area contributed by atoms with Crippen LogP contribution < -0.4 is 10.0 Å². The van der Waals surface area contributed by atoms with E-state index >= 15 is 0 Å². The van der Waals surface area contributed by atoms with Gasteiger partial charge in [-0.2, -0.15) is 17.9 Å². The lowest BCUT2D eigenvalue weighted by Crippen LogP contribution is -2.57. The number of nitrogens with zero attached hydrogens (tertiary/aromatic N) is 4. The van der Waals surface area contributed by atoms with Crippen LogP contribution in [-0.4, -0.2) is 122 Å². The largest absolute Gasteiger partial charge is 0.471 e. The quantitative estimate of drug-likeness (QED) is 0.130. The SMILES string of the molecule is COC(=O)[C@@H]1C[C@H](C)CCN1C(=O)[C@H](CC1=CCCN(C(=NC(=O)OC(C)(C)C)NC(=O)OC(C)(C)C)C1)NS(=O)(=O)c1ccc2c(c1)CN(C(=O)C(F)(F)F)CC2. The van der Waals surface area contributed by atoms with Gasteiger partial charge in [-0.15, -0.1) is 4.99 Å². The molecule has 3 heterocycles. The van der Waals surface area contributed by atoms with Crippen molar-refractivity contribution < 1.29 is 59.8 Å². The number of methoxy groups -OCH3 is 1. The maximum absolute atomic E-state index is 14.5. The minimum Gasteiger partial charge on any atom is -0.467 e. The Labute approximate surface area is 336 Å². The summed E-state index contributed by atoms with van der Waals surface area (Å²) in [5, 5.41) is 2.50. The Morgan fingerprint density at radius 2 is 1.60 bits per heavy atom. The van der Waals surface area contributed by atoms with Gasteiger partial charge in [0.15, 0.2) is 0 Å². The molecule has 0 saturated carbocycles. The number of carbonyl (C=O) groups is 5. The molecule has 4 rings (SSSR count). The van der Waals surface area contributed by atoms with Gasteiger partial charge in [-0.05, 0) is 103 Å². The summed E-state index contributed by atoms with van der Waals surface area (Å²) in [6, 6.07) is 1.39. The Hall–Kier alpha value is -4.72. The number of rotatable bonds is 7.